The number of amides is 2. The monoisotopic (exact) mass is 416 g/mol. The number of anilines is 1. The highest BCUT2D eigenvalue weighted by atomic mass is 35.5. The van der Waals surface area contributed by atoms with Gasteiger partial charge in [0.05, 0.1) is 11.3 Å². The molecule has 0 atom stereocenters. The molecule has 152 valence electrons. The van der Waals surface area contributed by atoms with Gasteiger partial charge in [-0.15, -0.1) is 0 Å². The predicted molar refractivity (Wildman–Crippen MR) is 108 cm³/mol. The van der Waals surface area contributed by atoms with Gasteiger partial charge in [-0.3, -0.25) is 9.59 Å². The highest BCUT2D eigenvalue weighted by molar-refractivity contribution is 6.30. The first-order valence-electron chi connectivity index (χ1n) is 9.16. The Bertz CT molecular complexity index is 927. The zero-order valence-electron chi connectivity index (χ0n) is 15.9. The van der Waals surface area contributed by atoms with E-state index in [0.29, 0.717) is 22.0 Å². The third-order valence-corrected chi connectivity index (χ3v) is 4.44. The molecule has 29 heavy (non-hydrogen) atoms. The minimum atomic E-state index is -0.686. The van der Waals surface area contributed by atoms with Crippen LogP contribution in [0.5, 0.6) is 5.75 Å². The Labute approximate surface area is 173 Å². The number of carbonyl (C=O) groups is 3. The largest absolute Gasteiger partial charge is 0.482 e. The van der Waals surface area contributed by atoms with E-state index in [-0.39, 0.29) is 18.6 Å². The summed E-state index contributed by atoms with van der Waals surface area (Å²) in [4.78, 5) is 36.2. The van der Waals surface area contributed by atoms with Crippen LogP contribution in [-0.2, 0) is 14.3 Å². The SMILES string of the molecule is Cc1cc(Cl)ccc1OCC(=O)OCC(=O)Nc1ccccc1C(=O)NC1CC1. The standard InChI is InChI=1S/C21H21ClN2O5/c1-13-10-14(22)6-9-18(13)28-12-20(26)29-11-19(25)24-17-5-3-2-4-16(17)21(27)23-15-7-8-15/h2-6,9-10,15H,7-8,11-12H2,1H3,(H,23,27)(H,24,25). The third kappa shape index (κ3) is 6.22. The van der Waals surface area contributed by atoms with Crippen molar-refractivity contribution >= 4 is 35.1 Å². The number of nitrogens with one attached hydrogen (secondary N) is 2. The number of aryl methyl sites for hydroxylation is 1. The average molecular weight is 417 g/mol. The molecule has 1 aliphatic carbocycles. The Morgan fingerprint density at radius 2 is 1.86 bits per heavy atom. The van der Waals surface area contributed by atoms with E-state index < -0.39 is 18.5 Å². The van der Waals surface area contributed by atoms with Gasteiger partial charge in [0.15, 0.2) is 13.2 Å². The van der Waals surface area contributed by atoms with Crippen LogP contribution in [0.4, 0.5) is 5.69 Å². The zero-order valence-corrected chi connectivity index (χ0v) is 16.6. The maximum absolute atomic E-state index is 12.3. The quantitative estimate of drug-likeness (QED) is 0.645. The van der Waals surface area contributed by atoms with Crippen LogP contribution in [0.2, 0.25) is 5.02 Å². The van der Waals surface area contributed by atoms with Gasteiger partial charge in [0.25, 0.3) is 11.8 Å². The predicted octanol–water partition coefficient (Wildman–Crippen LogP) is 3.10. The van der Waals surface area contributed by atoms with E-state index in [1.54, 1.807) is 49.4 Å². The van der Waals surface area contributed by atoms with Crippen molar-refractivity contribution in [2.75, 3.05) is 18.5 Å². The second-order valence-corrected chi connectivity index (χ2v) is 7.14. The molecule has 1 saturated carbocycles. The van der Waals surface area contributed by atoms with Crippen LogP contribution in [0.1, 0.15) is 28.8 Å². The summed E-state index contributed by atoms with van der Waals surface area (Å²) < 4.78 is 10.3. The van der Waals surface area contributed by atoms with Gasteiger partial charge >= 0.3 is 5.97 Å². The average Bonchev–Trinajstić information content (AvgIpc) is 3.50. The molecule has 3 rings (SSSR count). The molecule has 1 aliphatic rings. The Hall–Kier alpha value is -3.06. The summed E-state index contributed by atoms with van der Waals surface area (Å²) >= 11 is 5.87. The molecule has 0 radical (unpaired) electrons. The summed E-state index contributed by atoms with van der Waals surface area (Å²) in [5, 5.41) is 6.04. The van der Waals surface area contributed by atoms with Crippen molar-refractivity contribution in [1.82, 2.24) is 5.32 Å². The topological polar surface area (TPSA) is 93.7 Å². The van der Waals surface area contributed by atoms with E-state index in [1.807, 2.05) is 0 Å². The molecule has 0 unspecified atom stereocenters. The van der Waals surface area contributed by atoms with Gasteiger partial charge in [-0.25, -0.2) is 4.79 Å². The molecule has 0 heterocycles. The van der Waals surface area contributed by atoms with Crippen LogP contribution in [0.3, 0.4) is 0 Å². The van der Waals surface area contributed by atoms with Crippen LogP contribution in [0.25, 0.3) is 0 Å². The molecular weight excluding hydrogens is 396 g/mol. The molecule has 1 fully saturated rings. The number of ether oxygens (including phenoxy) is 2. The first-order valence-corrected chi connectivity index (χ1v) is 9.54. The molecule has 2 N–H and O–H groups in total. The number of hydrogen-bond donors (Lipinski definition) is 2. The molecular formula is C21H21ClN2O5. The van der Waals surface area contributed by atoms with Gasteiger partial charge in [0.2, 0.25) is 0 Å². The molecule has 2 aromatic rings. The zero-order chi connectivity index (χ0) is 20.8. The maximum atomic E-state index is 12.3. The van der Waals surface area contributed by atoms with Crippen molar-refractivity contribution < 1.29 is 23.9 Å². The second-order valence-electron chi connectivity index (χ2n) is 6.70. The molecule has 2 aromatic carbocycles. The second kappa shape index (κ2) is 9.43. The van der Waals surface area contributed by atoms with Crippen LogP contribution >= 0.6 is 11.6 Å². The van der Waals surface area contributed by atoms with Crippen molar-refractivity contribution in [2.24, 2.45) is 0 Å². The summed E-state index contributed by atoms with van der Waals surface area (Å²) in [7, 11) is 0. The molecule has 0 aromatic heterocycles. The van der Waals surface area contributed by atoms with E-state index in [9.17, 15) is 14.4 Å². The Morgan fingerprint density at radius 1 is 1.10 bits per heavy atom. The van der Waals surface area contributed by atoms with Crippen molar-refractivity contribution in [3.8, 4) is 5.75 Å². The summed E-state index contributed by atoms with van der Waals surface area (Å²) in [6.45, 7) is 0.979. The van der Waals surface area contributed by atoms with Gasteiger partial charge in [-0.1, -0.05) is 23.7 Å². The summed E-state index contributed by atoms with van der Waals surface area (Å²) in [6.07, 6.45) is 1.93. The highest BCUT2D eigenvalue weighted by Gasteiger charge is 2.25. The number of carbonyl (C=O) groups excluding carboxylic acids is 3. The van der Waals surface area contributed by atoms with E-state index in [2.05, 4.69) is 10.6 Å². The summed E-state index contributed by atoms with van der Waals surface area (Å²) in [5.41, 5.74) is 1.50. The number of halogens is 1. The highest BCUT2D eigenvalue weighted by Crippen LogP contribution is 2.22. The van der Waals surface area contributed by atoms with E-state index >= 15 is 0 Å². The van der Waals surface area contributed by atoms with Gasteiger partial charge < -0.3 is 20.1 Å². The van der Waals surface area contributed by atoms with Gasteiger partial charge in [0, 0.05) is 11.1 Å². The smallest absolute Gasteiger partial charge is 0.344 e. The maximum Gasteiger partial charge on any atom is 0.344 e. The summed E-state index contributed by atoms with van der Waals surface area (Å²) in [6, 6.07) is 11.9. The molecule has 0 saturated heterocycles. The molecule has 8 heteroatoms. The minimum Gasteiger partial charge on any atom is -0.482 e. The third-order valence-electron chi connectivity index (χ3n) is 4.21. The van der Waals surface area contributed by atoms with Crippen LogP contribution in [0.15, 0.2) is 42.5 Å². The number of hydrogen-bond acceptors (Lipinski definition) is 5. The minimum absolute atomic E-state index is 0.205. The number of para-hydroxylation sites is 1. The lowest BCUT2D eigenvalue weighted by molar-refractivity contribution is -0.149. The van der Waals surface area contributed by atoms with Gasteiger partial charge in [-0.2, -0.15) is 0 Å². The molecule has 2 amide bonds. The van der Waals surface area contributed by atoms with Gasteiger partial charge in [-0.05, 0) is 55.7 Å². The van der Waals surface area contributed by atoms with Crippen molar-refractivity contribution in [3.63, 3.8) is 0 Å². The van der Waals surface area contributed by atoms with Crippen molar-refractivity contribution in [3.05, 3.63) is 58.6 Å². The van der Waals surface area contributed by atoms with E-state index in [4.69, 9.17) is 21.1 Å². The Balaban J connectivity index is 1.47. The lowest BCUT2D eigenvalue weighted by Crippen LogP contribution is -2.28. The number of rotatable bonds is 8. The molecule has 0 aliphatic heterocycles. The number of benzene rings is 2. The molecule has 0 bridgehead atoms. The number of esters is 1. The van der Waals surface area contributed by atoms with Crippen LogP contribution < -0.4 is 15.4 Å². The normalized spacial score (nSPS) is 12.8. The first-order chi connectivity index (χ1) is 13.9. The van der Waals surface area contributed by atoms with Crippen LogP contribution in [-0.4, -0.2) is 37.0 Å². The Kier molecular flexibility index (Phi) is 6.72. The first kappa shape index (κ1) is 20.7. The fourth-order valence-corrected chi connectivity index (χ4v) is 2.79. The van der Waals surface area contributed by atoms with Crippen molar-refractivity contribution in [1.29, 1.82) is 0 Å². The van der Waals surface area contributed by atoms with Crippen LogP contribution in [0, 0.1) is 6.92 Å². The van der Waals surface area contributed by atoms with E-state index in [0.717, 1.165) is 18.4 Å². The Morgan fingerprint density at radius 3 is 2.59 bits per heavy atom. The lowest BCUT2D eigenvalue weighted by atomic mass is 10.1. The fourth-order valence-electron chi connectivity index (χ4n) is 2.57. The van der Waals surface area contributed by atoms with Crippen molar-refractivity contribution in [2.45, 2.75) is 25.8 Å². The lowest BCUT2D eigenvalue weighted by Gasteiger charge is -2.12. The fraction of sp³-hybridized carbons (Fsp3) is 0.286. The summed E-state index contributed by atoms with van der Waals surface area (Å²) in [5.74, 6) is -0.972. The van der Waals surface area contributed by atoms with Gasteiger partial charge in [0.1, 0.15) is 5.75 Å². The molecule has 7 nitrogen and oxygen atoms in total. The van der Waals surface area contributed by atoms with E-state index in [1.165, 1.54) is 0 Å². The molecule has 0 spiro atoms.